The van der Waals surface area contributed by atoms with Crippen LogP contribution in [0.1, 0.15) is 106 Å². The molecule has 0 radical (unpaired) electrons. The number of likely N-dealkylation sites (N-methyl/N-ethyl adjacent to an activating group) is 1. The Morgan fingerprint density at radius 1 is 0.956 bits per heavy atom. The summed E-state index contributed by atoms with van der Waals surface area (Å²) in [5, 5.41) is 15.7. The largest absolute Gasteiger partial charge is 0.495 e. The third kappa shape index (κ3) is 9.32. The summed E-state index contributed by atoms with van der Waals surface area (Å²) in [6.07, 6.45) is 11.2. The van der Waals surface area contributed by atoms with Crippen molar-refractivity contribution >= 4 is 58.4 Å². The van der Waals surface area contributed by atoms with Crippen molar-refractivity contribution in [2.75, 3.05) is 67.0 Å². The van der Waals surface area contributed by atoms with Crippen molar-refractivity contribution in [2.24, 2.45) is 10.8 Å². The topological polar surface area (TPSA) is 191 Å². The standard InChI is InChI=1S/C50H62ClN11O6/c1-9-37-44(65)59(6)39-29-56-48(57-41(39)62(37)33-12-10-11-13-33)60(7)38-17-15-30(24-40(38)66-8)42(63)53-20-23-67-34-18-21-61(22-19-34)47-54-27-32(28-55-47)43(64)58-45-49(2,3)46(50(45,4)5)68-35-16-14-31(26-52)36(51)25-35/h14-17,24-25,27-29,33-34,37,45-46H,9-13,18-23H2,1-8H3,(H,53,63)(H,58,64). The van der Waals surface area contributed by atoms with E-state index in [1.807, 2.05) is 24.9 Å². The van der Waals surface area contributed by atoms with Gasteiger partial charge in [0.05, 0.1) is 47.9 Å². The van der Waals surface area contributed by atoms with Gasteiger partial charge in [-0.3, -0.25) is 14.4 Å². The molecule has 68 heavy (non-hydrogen) atoms. The molecule has 4 heterocycles. The van der Waals surface area contributed by atoms with E-state index in [-0.39, 0.29) is 48.1 Å². The van der Waals surface area contributed by atoms with Crippen LogP contribution in [0.2, 0.25) is 5.02 Å². The maximum Gasteiger partial charge on any atom is 0.254 e. The molecule has 2 N–H and O–H groups in total. The summed E-state index contributed by atoms with van der Waals surface area (Å²) in [7, 11) is 5.22. The minimum absolute atomic E-state index is 0.0174. The molecule has 2 aliphatic heterocycles. The lowest BCUT2D eigenvalue weighted by Gasteiger charge is -2.63. The van der Waals surface area contributed by atoms with E-state index in [4.69, 9.17) is 30.8 Å². The van der Waals surface area contributed by atoms with E-state index in [1.54, 1.807) is 68.0 Å². The van der Waals surface area contributed by atoms with Crippen molar-refractivity contribution in [3.05, 3.63) is 76.7 Å². The first-order valence-corrected chi connectivity index (χ1v) is 23.9. The molecule has 0 spiro atoms. The summed E-state index contributed by atoms with van der Waals surface area (Å²) >= 11 is 6.25. The maximum atomic E-state index is 13.4. The Morgan fingerprint density at radius 3 is 2.31 bits per heavy atom. The highest BCUT2D eigenvalue weighted by Crippen LogP contribution is 2.55. The van der Waals surface area contributed by atoms with Gasteiger partial charge in [-0.05, 0) is 62.4 Å². The number of aromatic nitrogens is 4. The molecule has 2 saturated carbocycles. The molecule has 1 atom stereocenters. The van der Waals surface area contributed by atoms with Gasteiger partial charge in [0.15, 0.2) is 5.82 Å². The SMILES string of the molecule is CCC1C(=O)N(C)c2cnc(N(C)c3ccc(C(=O)NCCOC4CCN(c5ncc(C(=O)NC6C(C)(C)C(Oc7ccc(C#N)c(Cl)c7)C6(C)C)cn5)CC4)cc3OC)nc2N1C1CCCC1. The Labute approximate surface area is 403 Å². The molecular formula is C50H62ClN11O6. The Bertz CT molecular complexity index is 2540. The number of fused-ring (bicyclic) bond motifs is 1. The highest BCUT2D eigenvalue weighted by Gasteiger charge is 2.64. The Hall–Kier alpha value is -6.25. The third-order valence-corrected chi connectivity index (χ3v) is 14.6. The average molecular weight is 949 g/mol. The van der Waals surface area contributed by atoms with E-state index in [9.17, 15) is 19.6 Å². The number of ether oxygens (including phenoxy) is 3. The summed E-state index contributed by atoms with van der Waals surface area (Å²) in [4.78, 5) is 66.7. The smallest absolute Gasteiger partial charge is 0.254 e. The second kappa shape index (κ2) is 19.8. The average Bonchev–Trinajstić information content (AvgIpc) is 3.89. The zero-order valence-corrected chi connectivity index (χ0v) is 41.0. The monoisotopic (exact) mass is 947 g/mol. The highest BCUT2D eigenvalue weighted by atomic mass is 35.5. The lowest BCUT2D eigenvalue weighted by atomic mass is 9.49. The first kappa shape index (κ1) is 48.2. The minimum atomic E-state index is -0.405. The van der Waals surface area contributed by atoms with Crippen molar-refractivity contribution in [1.29, 1.82) is 5.26 Å². The molecule has 0 bridgehead atoms. The number of anilines is 5. The van der Waals surface area contributed by atoms with Gasteiger partial charge in [-0.2, -0.15) is 10.2 Å². The Morgan fingerprint density at radius 2 is 1.66 bits per heavy atom. The van der Waals surface area contributed by atoms with Crippen molar-refractivity contribution in [2.45, 2.75) is 110 Å². The summed E-state index contributed by atoms with van der Waals surface area (Å²) in [6.45, 7) is 12.3. The Kier molecular flexibility index (Phi) is 14.0. The van der Waals surface area contributed by atoms with E-state index < -0.39 is 10.8 Å². The fraction of sp³-hybridized carbons (Fsp3) is 0.520. The van der Waals surface area contributed by atoms with Gasteiger partial charge in [0.25, 0.3) is 11.8 Å². The van der Waals surface area contributed by atoms with Crippen LogP contribution in [0.25, 0.3) is 0 Å². The number of nitriles is 1. The van der Waals surface area contributed by atoms with Crippen LogP contribution in [-0.4, -0.2) is 115 Å². The fourth-order valence-electron chi connectivity index (χ4n) is 10.9. The van der Waals surface area contributed by atoms with Gasteiger partial charge in [-0.25, -0.2) is 15.0 Å². The molecule has 360 valence electrons. The van der Waals surface area contributed by atoms with E-state index in [0.717, 1.165) is 44.3 Å². The first-order valence-electron chi connectivity index (χ1n) is 23.6. The number of rotatable bonds is 15. The number of methoxy groups -OCH3 is 1. The van der Waals surface area contributed by atoms with Gasteiger partial charge in [0.2, 0.25) is 17.8 Å². The van der Waals surface area contributed by atoms with Crippen LogP contribution in [-0.2, 0) is 9.53 Å². The molecule has 1 saturated heterocycles. The number of nitrogens with one attached hydrogen (secondary N) is 2. The highest BCUT2D eigenvalue weighted by molar-refractivity contribution is 6.31. The predicted molar refractivity (Wildman–Crippen MR) is 260 cm³/mol. The van der Waals surface area contributed by atoms with Gasteiger partial charge in [-0.1, -0.05) is 59.1 Å². The molecule has 2 aromatic carbocycles. The minimum Gasteiger partial charge on any atom is -0.495 e. The predicted octanol–water partition coefficient (Wildman–Crippen LogP) is 7.10. The van der Waals surface area contributed by atoms with E-state index in [0.29, 0.717) is 89.1 Å². The second-order valence-electron chi connectivity index (χ2n) is 19.4. The van der Waals surface area contributed by atoms with Crippen molar-refractivity contribution in [3.8, 4) is 17.6 Å². The Balaban J connectivity index is 0.791. The van der Waals surface area contributed by atoms with E-state index in [1.165, 1.54) is 0 Å². The van der Waals surface area contributed by atoms with Gasteiger partial charge in [-0.15, -0.1) is 0 Å². The first-order chi connectivity index (χ1) is 32.6. The second-order valence-corrected chi connectivity index (χ2v) is 19.8. The summed E-state index contributed by atoms with van der Waals surface area (Å²) in [5.74, 6) is 2.40. The molecule has 4 aromatic rings. The third-order valence-electron chi connectivity index (χ3n) is 14.3. The molecule has 2 aromatic heterocycles. The zero-order valence-electron chi connectivity index (χ0n) is 40.2. The number of carbonyl (C=O) groups is 3. The molecular weight excluding hydrogens is 886 g/mol. The van der Waals surface area contributed by atoms with Crippen LogP contribution in [0.3, 0.4) is 0 Å². The molecule has 18 heteroatoms. The maximum absolute atomic E-state index is 13.4. The van der Waals surface area contributed by atoms with E-state index in [2.05, 4.69) is 69.1 Å². The van der Waals surface area contributed by atoms with Crippen LogP contribution in [0, 0.1) is 22.2 Å². The molecule has 3 fully saturated rings. The van der Waals surface area contributed by atoms with Crippen LogP contribution in [0.5, 0.6) is 11.5 Å². The van der Waals surface area contributed by atoms with Gasteiger partial charge >= 0.3 is 0 Å². The van der Waals surface area contributed by atoms with Crippen molar-refractivity contribution in [3.63, 3.8) is 0 Å². The summed E-state index contributed by atoms with van der Waals surface area (Å²) < 4.78 is 18.3. The molecule has 4 aliphatic rings. The number of halogens is 1. The number of hydrogen-bond acceptors (Lipinski definition) is 14. The number of nitrogens with zero attached hydrogens (tertiary/aromatic N) is 9. The summed E-state index contributed by atoms with van der Waals surface area (Å²) in [6, 6.07) is 12.2. The van der Waals surface area contributed by atoms with Crippen molar-refractivity contribution < 1.29 is 28.6 Å². The van der Waals surface area contributed by atoms with Crippen LogP contribution in [0.15, 0.2) is 55.0 Å². The number of amides is 3. The molecule has 17 nitrogen and oxygen atoms in total. The quantitative estimate of drug-likeness (QED) is 0.115. The van der Waals surface area contributed by atoms with Crippen LogP contribution in [0.4, 0.5) is 29.1 Å². The van der Waals surface area contributed by atoms with Crippen molar-refractivity contribution in [1.82, 2.24) is 30.6 Å². The van der Waals surface area contributed by atoms with Crippen LogP contribution < -0.4 is 39.7 Å². The van der Waals surface area contributed by atoms with Gasteiger partial charge in [0, 0.05) is 80.7 Å². The van der Waals surface area contributed by atoms with Gasteiger partial charge in [0.1, 0.15) is 35.4 Å². The number of benzene rings is 2. The lowest BCUT2D eigenvalue weighted by Crippen LogP contribution is -2.74. The fourth-order valence-corrected chi connectivity index (χ4v) is 11.1. The number of hydrogen-bond donors (Lipinski definition) is 2. The zero-order chi connectivity index (χ0) is 48.5. The molecule has 8 rings (SSSR count). The normalized spacial score (nSPS) is 21.1. The van der Waals surface area contributed by atoms with Crippen LogP contribution >= 0.6 is 11.6 Å². The molecule has 2 aliphatic carbocycles. The van der Waals surface area contributed by atoms with Gasteiger partial charge < -0.3 is 44.4 Å². The summed E-state index contributed by atoms with van der Waals surface area (Å²) in [5.41, 5.74) is 1.78. The number of piperidine rings is 1. The molecule has 3 amide bonds. The molecule has 1 unspecified atom stereocenters. The number of carbonyl (C=O) groups excluding carboxylic acids is 3. The van der Waals surface area contributed by atoms with E-state index >= 15 is 0 Å². The lowest BCUT2D eigenvalue weighted by molar-refractivity contribution is -0.164.